The van der Waals surface area contributed by atoms with Crippen molar-refractivity contribution in [3.8, 4) is 5.75 Å². The van der Waals surface area contributed by atoms with Crippen molar-refractivity contribution in [2.45, 2.75) is 32.0 Å². The molecule has 3 nitrogen and oxygen atoms in total. The topological polar surface area (TPSA) is 38.3 Å². The summed E-state index contributed by atoms with van der Waals surface area (Å²) in [5, 5.41) is 1.95. The van der Waals surface area contributed by atoms with E-state index in [0.717, 1.165) is 17.5 Å². The van der Waals surface area contributed by atoms with E-state index in [1.807, 2.05) is 30.4 Å². The first-order valence-corrected chi connectivity index (χ1v) is 6.02. The highest BCUT2D eigenvalue weighted by Gasteiger charge is 2.40. The first kappa shape index (κ1) is 13.7. The van der Waals surface area contributed by atoms with Crippen LogP contribution in [0.3, 0.4) is 0 Å². The van der Waals surface area contributed by atoms with Crippen LogP contribution in [0.15, 0.2) is 18.2 Å². The Morgan fingerprint density at radius 3 is 2.84 bits per heavy atom. The quantitative estimate of drug-likeness (QED) is 0.897. The minimum Gasteiger partial charge on any atom is -0.491 e. The van der Waals surface area contributed by atoms with Crippen molar-refractivity contribution < 1.29 is 22.7 Å². The smallest absolute Gasteiger partial charge is 0.471 e. The van der Waals surface area contributed by atoms with Gasteiger partial charge in [0.2, 0.25) is 0 Å². The van der Waals surface area contributed by atoms with E-state index in [0.29, 0.717) is 12.2 Å². The largest absolute Gasteiger partial charge is 0.491 e. The van der Waals surface area contributed by atoms with Gasteiger partial charge >= 0.3 is 12.1 Å². The molecule has 0 aromatic heterocycles. The van der Waals surface area contributed by atoms with Crippen LogP contribution in [0.2, 0.25) is 0 Å². The lowest BCUT2D eigenvalue weighted by atomic mass is 9.99. The summed E-state index contributed by atoms with van der Waals surface area (Å²) in [5.41, 5.74) is 1.92. The number of nitrogens with one attached hydrogen (secondary N) is 1. The zero-order valence-corrected chi connectivity index (χ0v) is 10.4. The Kier molecular flexibility index (Phi) is 3.68. The fraction of sp³-hybridized carbons (Fsp3) is 0.462. The molecule has 0 radical (unpaired) electrons. The summed E-state index contributed by atoms with van der Waals surface area (Å²) in [7, 11) is 0. The maximum atomic E-state index is 12.2. The first-order valence-electron chi connectivity index (χ1n) is 6.02. The van der Waals surface area contributed by atoms with Crippen LogP contribution in [0.1, 0.15) is 18.1 Å². The molecule has 0 bridgehead atoms. The van der Waals surface area contributed by atoms with Crippen LogP contribution >= 0.6 is 0 Å². The molecule has 0 fully saturated rings. The fourth-order valence-corrected chi connectivity index (χ4v) is 2.03. The van der Waals surface area contributed by atoms with Gasteiger partial charge in [-0.3, -0.25) is 4.79 Å². The van der Waals surface area contributed by atoms with Crippen molar-refractivity contribution in [2.24, 2.45) is 0 Å². The molecule has 6 heteroatoms. The molecule has 1 amide bonds. The maximum Gasteiger partial charge on any atom is 0.471 e. The lowest BCUT2D eigenvalue weighted by Gasteiger charge is -2.26. The molecule has 1 N–H and O–H groups in total. The van der Waals surface area contributed by atoms with Crippen molar-refractivity contribution in [2.75, 3.05) is 6.61 Å². The monoisotopic (exact) mass is 273 g/mol. The Hall–Kier alpha value is -1.72. The van der Waals surface area contributed by atoms with Crippen molar-refractivity contribution in [1.82, 2.24) is 5.32 Å². The van der Waals surface area contributed by atoms with Crippen LogP contribution in [0.25, 0.3) is 0 Å². The van der Waals surface area contributed by atoms with Crippen molar-refractivity contribution in [3.05, 3.63) is 29.3 Å². The lowest BCUT2D eigenvalue weighted by Crippen LogP contribution is -2.48. The number of amides is 1. The molecule has 1 aromatic rings. The highest BCUT2D eigenvalue weighted by molar-refractivity contribution is 5.82. The number of halogens is 3. The van der Waals surface area contributed by atoms with Gasteiger partial charge in [0.15, 0.2) is 0 Å². The summed E-state index contributed by atoms with van der Waals surface area (Å²) >= 11 is 0. The average Bonchev–Trinajstić information content (AvgIpc) is 2.36. The van der Waals surface area contributed by atoms with Gasteiger partial charge in [0.25, 0.3) is 0 Å². The first-order chi connectivity index (χ1) is 8.90. The van der Waals surface area contributed by atoms with E-state index in [9.17, 15) is 18.0 Å². The van der Waals surface area contributed by atoms with Gasteiger partial charge in [0.05, 0.1) is 6.04 Å². The number of benzene rings is 1. The molecule has 0 saturated heterocycles. The number of rotatable bonds is 2. The Bertz CT molecular complexity index is 485. The summed E-state index contributed by atoms with van der Waals surface area (Å²) in [6.07, 6.45) is -3.66. The van der Waals surface area contributed by atoms with Gasteiger partial charge in [0.1, 0.15) is 12.4 Å². The molecule has 2 rings (SSSR count). The highest BCUT2D eigenvalue weighted by Crippen LogP contribution is 2.26. The molecular formula is C13H14F3NO2. The summed E-state index contributed by atoms with van der Waals surface area (Å²) in [6.45, 7) is 2.05. The van der Waals surface area contributed by atoms with Crippen LogP contribution in [0.5, 0.6) is 5.75 Å². The van der Waals surface area contributed by atoms with Crippen LogP contribution < -0.4 is 10.1 Å². The number of aryl methyl sites for hydroxylation is 1. The van der Waals surface area contributed by atoms with Crippen LogP contribution in [0.4, 0.5) is 13.2 Å². The molecule has 1 heterocycles. The van der Waals surface area contributed by atoms with Crippen molar-refractivity contribution >= 4 is 5.91 Å². The van der Waals surface area contributed by atoms with Gasteiger partial charge in [-0.2, -0.15) is 13.2 Å². The fourth-order valence-electron chi connectivity index (χ4n) is 2.03. The standard InChI is InChI=1S/C13H14F3NO2/c1-2-8-3-4-11-9(5-8)6-10(7-19-11)17-12(18)13(14,15)16/h3-5,10H,2,6-7H2,1H3,(H,17,18). The number of hydrogen-bond acceptors (Lipinski definition) is 2. The molecule has 1 aliphatic rings. The number of carbonyl (C=O) groups excluding carboxylic acids is 1. The third kappa shape index (κ3) is 3.19. The minimum atomic E-state index is -4.86. The molecule has 1 atom stereocenters. The minimum absolute atomic E-state index is 0.0558. The van der Waals surface area contributed by atoms with E-state index in [1.54, 1.807) is 0 Å². The maximum absolute atomic E-state index is 12.2. The zero-order valence-electron chi connectivity index (χ0n) is 10.4. The van der Waals surface area contributed by atoms with Crippen molar-refractivity contribution in [3.63, 3.8) is 0 Å². The van der Waals surface area contributed by atoms with Crippen molar-refractivity contribution in [1.29, 1.82) is 0 Å². The number of alkyl halides is 3. The Morgan fingerprint density at radius 2 is 2.21 bits per heavy atom. The second kappa shape index (κ2) is 5.11. The highest BCUT2D eigenvalue weighted by atomic mass is 19.4. The molecule has 1 aliphatic heterocycles. The number of ether oxygens (including phenoxy) is 1. The Labute approximate surface area is 108 Å². The summed E-state index contributed by atoms with van der Waals surface area (Å²) in [5.74, 6) is -1.24. The predicted molar refractivity (Wildman–Crippen MR) is 63.0 cm³/mol. The molecule has 0 saturated carbocycles. The van der Waals surface area contributed by atoms with E-state index >= 15 is 0 Å². The molecular weight excluding hydrogens is 259 g/mol. The molecule has 1 aromatic carbocycles. The van der Waals surface area contributed by atoms with Crippen LogP contribution in [-0.4, -0.2) is 24.7 Å². The van der Waals surface area contributed by atoms with Gasteiger partial charge in [-0.25, -0.2) is 0 Å². The second-order valence-corrected chi connectivity index (χ2v) is 4.48. The van der Waals surface area contributed by atoms with Gasteiger partial charge in [-0.05, 0) is 30.0 Å². The number of carbonyl (C=O) groups is 1. The molecule has 19 heavy (non-hydrogen) atoms. The van der Waals surface area contributed by atoms with E-state index in [-0.39, 0.29) is 6.61 Å². The SMILES string of the molecule is CCc1ccc2c(c1)CC(NC(=O)C(F)(F)F)CO2. The number of hydrogen-bond donors (Lipinski definition) is 1. The average molecular weight is 273 g/mol. The Balaban J connectivity index is 2.07. The van der Waals surface area contributed by atoms with Crippen LogP contribution in [-0.2, 0) is 17.6 Å². The second-order valence-electron chi connectivity index (χ2n) is 4.48. The third-order valence-corrected chi connectivity index (χ3v) is 3.03. The van der Waals surface area contributed by atoms with E-state index in [1.165, 1.54) is 0 Å². The lowest BCUT2D eigenvalue weighted by molar-refractivity contribution is -0.174. The van der Waals surface area contributed by atoms with Gasteiger partial charge in [0, 0.05) is 0 Å². The summed E-state index contributed by atoms with van der Waals surface area (Å²) in [4.78, 5) is 10.9. The van der Waals surface area contributed by atoms with E-state index in [4.69, 9.17) is 4.74 Å². The van der Waals surface area contributed by atoms with Gasteiger partial charge < -0.3 is 10.1 Å². The zero-order chi connectivity index (χ0) is 14.0. The molecule has 0 spiro atoms. The number of fused-ring (bicyclic) bond motifs is 1. The van der Waals surface area contributed by atoms with E-state index in [2.05, 4.69) is 0 Å². The normalized spacial score (nSPS) is 18.4. The van der Waals surface area contributed by atoms with Gasteiger partial charge in [-0.15, -0.1) is 0 Å². The summed E-state index contributed by atoms with van der Waals surface area (Å²) < 4.78 is 41.9. The molecule has 1 unspecified atom stereocenters. The Morgan fingerprint density at radius 1 is 1.47 bits per heavy atom. The van der Waals surface area contributed by atoms with E-state index < -0.39 is 18.1 Å². The van der Waals surface area contributed by atoms with Gasteiger partial charge in [-0.1, -0.05) is 19.1 Å². The molecule has 104 valence electrons. The predicted octanol–water partition coefficient (Wildman–Crippen LogP) is 2.23. The summed E-state index contributed by atoms with van der Waals surface area (Å²) in [6, 6.07) is 5.00. The third-order valence-electron chi connectivity index (χ3n) is 3.03. The van der Waals surface area contributed by atoms with Crippen LogP contribution in [0, 0.1) is 0 Å². The molecule has 0 aliphatic carbocycles.